The van der Waals surface area contributed by atoms with E-state index in [1.165, 1.54) is 0 Å². The molecular formula is C15H17ClN2O3. The van der Waals surface area contributed by atoms with Gasteiger partial charge in [0.25, 0.3) is 0 Å². The number of aliphatic hydroxyl groups excluding tert-OH is 1. The van der Waals surface area contributed by atoms with Gasteiger partial charge in [-0.2, -0.15) is 0 Å². The number of carbonyl (C=O) groups excluding carboxylic acids is 1. The molecule has 2 aromatic rings. The summed E-state index contributed by atoms with van der Waals surface area (Å²) in [7, 11) is 0. The number of hydrogen-bond acceptors (Lipinski definition) is 4. The van der Waals surface area contributed by atoms with Crippen molar-refractivity contribution >= 4 is 17.5 Å². The van der Waals surface area contributed by atoms with Crippen molar-refractivity contribution in [2.45, 2.75) is 25.8 Å². The van der Waals surface area contributed by atoms with Gasteiger partial charge in [0.15, 0.2) is 11.7 Å². The summed E-state index contributed by atoms with van der Waals surface area (Å²) < 4.78 is 5.61. The molecule has 1 amide bonds. The van der Waals surface area contributed by atoms with E-state index in [1.54, 1.807) is 25.3 Å². The van der Waals surface area contributed by atoms with Crippen LogP contribution in [0.15, 0.2) is 34.9 Å². The largest absolute Gasteiger partial charge is 0.441 e. The summed E-state index contributed by atoms with van der Waals surface area (Å²) in [5.41, 5.74) is 0.886. The number of amides is 1. The van der Waals surface area contributed by atoms with Crippen LogP contribution in [-0.4, -0.2) is 28.6 Å². The fourth-order valence-corrected chi connectivity index (χ4v) is 1.91. The minimum absolute atomic E-state index is 0.0779. The molecule has 6 heteroatoms. The van der Waals surface area contributed by atoms with Crippen LogP contribution in [0.1, 0.15) is 19.2 Å². The first-order valence-electron chi connectivity index (χ1n) is 6.69. The number of hydrogen-bond donors (Lipinski definition) is 2. The molecule has 0 saturated heterocycles. The van der Waals surface area contributed by atoms with Gasteiger partial charge in [0.2, 0.25) is 5.91 Å². The maximum atomic E-state index is 11.6. The van der Waals surface area contributed by atoms with Crippen LogP contribution in [0.5, 0.6) is 0 Å². The fourth-order valence-electron chi connectivity index (χ4n) is 1.79. The summed E-state index contributed by atoms with van der Waals surface area (Å²) in [6.07, 6.45) is 2.31. The van der Waals surface area contributed by atoms with Gasteiger partial charge in [-0.25, -0.2) is 4.98 Å². The Balaban J connectivity index is 1.91. The Hall–Kier alpha value is -1.85. The molecule has 21 heavy (non-hydrogen) atoms. The maximum Gasteiger partial charge on any atom is 0.220 e. The summed E-state index contributed by atoms with van der Waals surface area (Å²) in [5, 5.41) is 12.2. The molecule has 1 heterocycles. The molecule has 0 aliphatic carbocycles. The van der Waals surface area contributed by atoms with Crippen LogP contribution in [-0.2, 0) is 11.2 Å². The van der Waals surface area contributed by atoms with Crippen LogP contribution in [0.2, 0.25) is 5.02 Å². The van der Waals surface area contributed by atoms with Crippen molar-refractivity contribution in [2.75, 3.05) is 6.61 Å². The summed E-state index contributed by atoms with van der Waals surface area (Å²) in [4.78, 5) is 15.8. The van der Waals surface area contributed by atoms with Crippen LogP contribution in [0.3, 0.4) is 0 Å². The fraction of sp³-hybridized carbons (Fsp3) is 0.333. The number of carbonyl (C=O) groups is 1. The molecule has 0 bridgehead atoms. The number of oxazole rings is 1. The smallest absolute Gasteiger partial charge is 0.220 e. The van der Waals surface area contributed by atoms with Crippen molar-refractivity contribution in [2.24, 2.45) is 0 Å². The Labute approximate surface area is 128 Å². The minimum atomic E-state index is -0.244. The number of aliphatic hydroxyl groups is 1. The van der Waals surface area contributed by atoms with E-state index in [9.17, 15) is 4.79 Å². The lowest BCUT2D eigenvalue weighted by atomic mass is 10.2. The molecule has 2 N–H and O–H groups in total. The zero-order valence-electron chi connectivity index (χ0n) is 11.7. The number of nitrogens with one attached hydrogen (secondary N) is 1. The van der Waals surface area contributed by atoms with E-state index in [0.717, 1.165) is 5.56 Å². The average Bonchev–Trinajstić information content (AvgIpc) is 2.94. The van der Waals surface area contributed by atoms with Gasteiger partial charge in [-0.05, 0) is 31.2 Å². The molecule has 1 aromatic heterocycles. The van der Waals surface area contributed by atoms with E-state index in [4.69, 9.17) is 21.1 Å². The summed E-state index contributed by atoms with van der Waals surface area (Å²) in [5.74, 6) is 1.01. The van der Waals surface area contributed by atoms with Gasteiger partial charge >= 0.3 is 0 Å². The Morgan fingerprint density at radius 1 is 1.43 bits per heavy atom. The van der Waals surface area contributed by atoms with Crippen molar-refractivity contribution in [1.82, 2.24) is 10.3 Å². The zero-order valence-corrected chi connectivity index (χ0v) is 12.4. The van der Waals surface area contributed by atoms with Crippen LogP contribution in [0.25, 0.3) is 11.3 Å². The van der Waals surface area contributed by atoms with Gasteiger partial charge < -0.3 is 14.8 Å². The lowest BCUT2D eigenvalue weighted by Gasteiger charge is -2.09. The van der Waals surface area contributed by atoms with Gasteiger partial charge in [0.05, 0.1) is 12.8 Å². The van der Waals surface area contributed by atoms with Gasteiger partial charge in [0.1, 0.15) is 0 Å². The van der Waals surface area contributed by atoms with Crippen LogP contribution >= 0.6 is 11.6 Å². The second-order valence-corrected chi connectivity index (χ2v) is 5.21. The Kier molecular flexibility index (Phi) is 5.36. The number of aryl methyl sites for hydroxylation is 1. The Morgan fingerprint density at radius 2 is 2.14 bits per heavy atom. The van der Waals surface area contributed by atoms with E-state index >= 15 is 0 Å². The van der Waals surface area contributed by atoms with Gasteiger partial charge in [-0.15, -0.1) is 0 Å². The third-order valence-corrected chi connectivity index (χ3v) is 3.18. The van der Waals surface area contributed by atoms with Crippen molar-refractivity contribution in [3.63, 3.8) is 0 Å². The second-order valence-electron chi connectivity index (χ2n) is 4.78. The lowest BCUT2D eigenvalue weighted by molar-refractivity contribution is -0.122. The third kappa shape index (κ3) is 4.58. The molecule has 0 fully saturated rings. The molecule has 1 atom stereocenters. The minimum Gasteiger partial charge on any atom is -0.441 e. The number of halogens is 1. The van der Waals surface area contributed by atoms with Crippen molar-refractivity contribution < 1.29 is 14.3 Å². The zero-order chi connectivity index (χ0) is 15.2. The molecule has 0 saturated carbocycles. The average molecular weight is 309 g/mol. The third-order valence-electron chi connectivity index (χ3n) is 2.93. The van der Waals surface area contributed by atoms with Crippen LogP contribution in [0, 0.1) is 0 Å². The predicted octanol–water partition coefficient (Wildman–Crippen LogP) is 2.42. The van der Waals surface area contributed by atoms with Gasteiger partial charge in [-0.3, -0.25) is 4.79 Å². The summed E-state index contributed by atoms with van der Waals surface area (Å²) >= 11 is 5.83. The standard InChI is InChI=1S/C15H17ClN2O3/c1-10(9-19)18-14(20)6-7-15-17-8-13(21-15)11-2-4-12(16)5-3-11/h2-5,8,10,19H,6-7,9H2,1H3,(H,18,20). The summed E-state index contributed by atoms with van der Waals surface area (Å²) in [6, 6.07) is 7.02. The van der Waals surface area contributed by atoms with Crippen LogP contribution in [0.4, 0.5) is 0 Å². The highest BCUT2D eigenvalue weighted by molar-refractivity contribution is 6.30. The van der Waals surface area contributed by atoms with E-state index in [2.05, 4.69) is 10.3 Å². The number of nitrogens with zero attached hydrogens (tertiary/aromatic N) is 1. The first-order valence-corrected chi connectivity index (χ1v) is 7.07. The second kappa shape index (κ2) is 7.24. The predicted molar refractivity (Wildman–Crippen MR) is 80.0 cm³/mol. The van der Waals surface area contributed by atoms with Crippen LogP contribution < -0.4 is 5.32 Å². The normalized spacial score (nSPS) is 12.1. The van der Waals surface area contributed by atoms with E-state index in [-0.39, 0.29) is 25.0 Å². The highest BCUT2D eigenvalue weighted by Crippen LogP contribution is 2.22. The van der Waals surface area contributed by atoms with E-state index in [0.29, 0.717) is 23.1 Å². The quantitative estimate of drug-likeness (QED) is 0.859. The molecule has 2 rings (SSSR count). The van der Waals surface area contributed by atoms with Gasteiger partial charge in [0, 0.05) is 29.5 Å². The monoisotopic (exact) mass is 308 g/mol. The number of aromatic nitrogens is 1. The van der Waals surface area contributed by atoms with Crippen molar-refractivity contribution in [1.29, 1.82) is 0 Å². The maximum absolute atomic E-state index is 11.6. The molecule has 0 spiro atoms. The molecule has 112 valence electrons. The van der Waals surface area contributed by atoms with Crippen molar-refractivity contribution in [3.8, 4) is 11.3 Å². The highest BCUT2D eigenvalue weighted by atomic mass is 35.5. The molecule has 1 aromatic carbocycles. The molecule has 1 unspecified atom stereocenters. The SMILES string of the molecule is CC(CO)NC(=O)CCc1ncc(-c2ccc(Cl)cc2)o1. The van der Waals surface area contributed by atoms with Gasteiger partial charge in [-0.1, -0.05) is 11.6 Å². The topological polar surface area (TPSA) is 75.4 Å². The van der Waals surface area contributed by atoms with E-state index in [1.807, 2.05) is 12.1 Å². The molecular weight excluding hydrogens is 292 g/mol. The first-order chi connectivity index (χ1) is 10.1. The van der Waals surface area contributed by atoms with E-state index < -0.39 is 0 Å². The molecule has 0 aliphatic heterocycles. The number of rotatable bonds is 6. The first kappa shape index (κ1) is 15.5. The van der Waals surface area contributed by atoms with Crippen molar-refractivity contribution in [3.05, 3.63) is 41.4 Å². The lowest BCUT2D eigenvalue weighted by Crippen LogP contribution is -2.35. The highest BCUT2D eigenvalue weighted by Gasteiger charge is 2.10. The summed E-state index contributed by atoms with van der Waals surface area (Å²) in [6.45, 7) is 1.66. The molecule has 0 aliphatic rings. The number of benzene rings is 1. The Morgan fingerprint density at radius 3 is 2.81 bits per heavy atom. The Bertz CT molecular complexity index is 595. The molecule has 5 nitrogen and oxygen atoms in total. The molecule has 0 radical (unpaired) electrons.